The molecule has 4 aromatic rings. The molecule has 0 aliphatic carbocycles. The largest absolute Gasteiger partial charge is 0.495 e. The number of morpholine rings is 1. The molecule has 9 heteroatoms. The highest BCUT2D eigenvalue weighted by Crippen LogP contribution is 2.35. The van der Waals surface area contributed by atoms with Crippen LogP contribution in [0.2, 0.25) is 0 Å². The summed E-state index contributed by atoms with van der Waals surface area (Å²) in [7, 11) is 1.59. The number of fused-ring (bicyclic) bond motifs is 1. The Morgan fingerprint density at radius 1 is 1.24 bits per heavy atom. The van der Waals surface area contributed by atoms with Crippen molar-refractivity contribution >= 4 is 34.1 Å². The van der Waals surface area contributed by atoms with Gasteiger partial charge in [-0.2, -0.15) is 0 Å². The summed E-state index contributed by atoms with van der Waals surface area (Å²) in [6.07, 6.45) is 3.00. The van der Waals surface area contributed by atoms with Crippen molar-refractivity contribution in [2.24, 2.45) is 0 Å². The molecule has 1 amide bonds. The molecule has 1 saturated heterocycles. The van der Waals surface area contributed by atoms with Crippen LogP contribution in [-0.4, -0.2) is 54.4 Å². The molecule has 0 spiro atoms. The number of anilines is 3. The van der Waals surface area contributed by atoms with Gasteiger partial charge in [0.2, 0.25) is 11.9 Å². The molecule has 1 aromatic heterocycles. The highest BCUT2D eigenvalue weighted by atomic mass is 16.5. The number of aliphatic hydroxyl groups excluding tert-OH is 1. The Bertz CT molecular complexity index is 1480. The second-order valence-corrected chi connectivity index (χ2v) is 8.93. The highest BCUT2D eigenvalue weighted by Gasteiger charge is 2.35. The summed E-state index contributed by atoms with van der Waals surface area (Å²) in [6.45, 7) is 5.12. The number of hydrogen-bond acceptors (Lipinski definition) is 8. The summed E-state index contributed by atoms with van der Waals surface area (Å²) >= 11 is 0. The minimum Gasteiger partial charge on any atom is -0.495 e. The number of aliphatic hydroxyl groups is 1. The van der Waals surface area contributed by atoms with E-state index in [0.29, 0.717) is 36.2 Å². The maximum atomic E-state index is 11.8. The molecule has 9 nitrogen and oxygen atoms in total. The van der Waals surface area contributed by atoms with E-state index in [2.05, 4.69) is 27.5 Å². The van der Waals surface area contributed by atoms with Gasteiger partial charge >= 0.3 is 0 Å². The molecular weight excluding hydrogens is 482 g/mol. The number of amides is 1. The van der Waals surface area contributed by atoms with Gasteiger partial charge < -0.3 is 30.5 Å². The fourth-order valence-corrected chi connectivity index (χ4v) is 4.54. The van der Waals surface area contributed by atoms with E-state index in [1.54, 1.807) is 13.3 Å². The van der Waals surface area contributed by atoms with Crippen molar-refractivity contribution in [3.63, 3.8) is 0 Å². The van der Waals surface area contributed by atoms with Crippen LogP contribution in [0.4, 0.5) is 17.3 Å². The Morgan fingerprint density at radius 3 is 2.87 bits per heavy atom. The molecule has 1 aliphatic heterocycles. The average Bonchev–Trinajstić information content (AvgIpc) is 2.97. The smallest absolute Gasteiger partial charge is 0.247 e. The van der Waals surface area contributed by atoms with Gasteiger partial charge in [-0.25, -0.2) is 9.97 Å². The molecule has 1 fully saturated rings. The topological polar surface area (TPSA) is 118 Å². The van der Waals surface area contributed by atoms with E-state index >= 15 is 0 Å². The molecule has 38 heavy (non-hydrogen) atoms. The summed E-state index contributed by atoms with van der Waals surface area (Å²) in [6, 6.07) is 19.1. The van der Waals surface area contributed by atoms with Crippen molar-refractivity contribution in [3.8, 4) is 16.9 Å². The third kappa shape index (κ3) is 5.08. The van der Waals surface area contributed by atoms with Crippen LogP contribution >= 0.6 is 0 Å². The van der Waals surface area contributed by atoms with Gasteiger partial charge in [-0.1, -0.05) is 43.0 Å². The lowest BCUT2D eigenvalue weighted by Gasteiger charge is -2.36. The van der Waals surface area contributed by atoms with Gasteiger partial charge in [-0.15, -0.1) is 0 Å². The molecule has 3 aromatic carbocycles. The van der Waals surface area contributed by atoms with E-state index in [4.69, 9.17) is 14.5 Å². The molecule has 2 heterocycles. The van der Waals surface area contributed by atoms with E-state index in [9.17, 15) is 9.90 Å². The molecule has 194 valence electrons. The van der Waals surface area contributed by atoms with Crippen molar-refractivity contribution in [2.45, 2.75) is 5.60 Å². The first-order chi connectivity index (χ1) is 18.5. The number of nitrogens with one attached hydrogen (secondary N) is 3. The predicted molar refractivity (Wildman–Crippen MR) is 148 cm³/mol. The number of carbonyl (C=O) groups excluding carboxylic acids is 1. The first-order valence-corrected chi connectivity index (χ1v) is 12.3. The maximum Gasteiger partial charge on any atom is 0.247 e. The summed E-state index contributed by atoms with van der Waals surface area (Å²) < 4.78 is 11.6. The normalized spacial score (nSPS) is 17.1. The molecule has 1 aliphatic rings. The zero-order valence-corrected chi connectivity index (χ0v) is 21.0. The van der Waals surface area contributed by atoms with Gasteiger partial charge in [0.25, 0.3) is 0 Å². The first kappa shape index (κ1) is 25.3. The number of methoxy groups -OCH3 is 1. The van der Waals surface area contributed by atoms with E-state index in [1.165, 1.54) is 6.08 Å². The Balaban J connectivity index is 1.48. The first-order valence-electron chi connectivity index (χ1n) is 12.3. The zero-order chi connectivity index (χ0) is 26.5. The predicted octanol–water partition coefficient (Wildman–Crippen LogP) is 3.98. The number of carbonyl (C=O) groups is 1. The Hall–Kier alpha value is -4.31. The molecule has 1 atom stereocenters. The van der Waals surface area contributed by atoms with Gasteiger partial charge in [0.15, 0.2) is 0 Å². The minimum absolute atomic E-state index is 0.148. The monoisotopic (exact) mass is 511 g/mol. The lowest BCUT2D eigenvalue weighted by atomic mass is 9.92. The van der Waals surface area contributed by atoms with Crippen LogP contribution in [0.1, 0.15) is 5.56 Å². The highest BCUT2D eigenvalue weighted by molar-refractivity contribution is 6.00. The zero-order valence-electron chi connectivity index (χ0n) is 21.0. The van der Waals surface area contributed by atoms with Crippen LogP contribution in [0.15, 0.2) is 79.5 Å². The van der Waals surface area contributed by atoms with Crippen molar-refractivity contribution in [3.05, 3.63) is 85.1 Å². The van der Waals surface area contributed by atoms with Crippen molar-refractivity contribution in [1.29, 1.82) is 0 Å². The Morgan fingerprint density at radius 2 is 2.11 bits per heavy atom. The molecule has 5 rings (SSSR count). The second-order valence-electron chi connectivity index (χ2n) is 8.93. The van der Waals surface area contributed by atoms with Crippen molar-refractivity contribution in [2.75, 3.05) is 44.0 Å². The van der Waals surface area contributed by atoms with E-state index < -0.39 is 5.60 Å². The van der Waals surface area contributed by atoms with Gasteiger partial charge in [-0.05, 0) is 41.5 Å². The minimum atomic E-state index is -0.821. The lowest BCUT2D eigenvalue weighted by Crippen LogP contribution is -2.49. The van der Waals surface area contributed by atoms with Gasteiger partial charge in [0, 0.05) is 35.9 Å². The number of rotatable bonds is 8. The van der Waals surface area contributed by atoms with Crippen LogP contribution in [0.25, 0.3) is 22.0 Å². The molecule has 0 bridgehead atoms. The molecule has 0 saturated carbocycles. The number of aromatic nitrogens is 2. The summed E-state index contributed by atoms with van der Waals surface area (Å²) in [5.74, 6) is 0.705. The van der Waals surface area contributed by atoms with Crippen LogP contribution in [0, 0.1) is 0 Å². The van der Waals surface area contributed by atoms with Crippen LogP contribution in [0.3, 0.4) is 0 Å². The molecular formula is C29H29N5O4. The Kier molecular flexibility index (Phi) is 7.32. The Labute approximate surface area is 220 Å². The number of nitrogens with zero attached hydrogens (tertiary/aromatic N) is 2. The van der Waals surface area contributed by atoms with Crippen LogP contribution < -0.4 is 20.7 Å². The van der Waals surface area contributed by atoms with E-state index in [0.717, 1.165) is 34.1 Å². The van der Waals surface area contributed by atoms with Gasteiger partial charge in [0.1, 0.15) is 11.4 Å². The van der Waals surface area contributed by atoms with Gasteiger partial charge in [0.05, 0.1) is 31.5 Å². The lowest BCUT2D eigenvalue weighted by molar-refractivity contribution is -0.111. The third-order valence-corrected chi connectivity index (χ3v) is 6.53. The molecule has 1 unspecified atom stereocenters. The van der Waals surface area contributed by atoms with Crippen LogP contribution in [-0.2, 0) is 15.1 Å². The number of para-hydroxylation sites is 1. The van der Waals surface area contributed by atoms with E-state index in [1.807, 2.05) is 60.7 Å². The number of hydrogen-bond donors (Lipinski definition) is 4. The fraction of sp³-hybridized carbons (Fsp3) is 0.207. The molecule has 4 N–H and O–H groups in total. The number of benzene rings is 3. The van der Waals surface area contributed by atoms with E-state index in [-0.39, 0.29) is 12.5 Å². The number of ether oxygens (including phenoxy) is 2. The standard InChI is InChI=1S/C29H29N5O4/c1-3-26(36)32-22-8-4-6-19(14-22)23-9-5-7-20-16-31-28(34-27(20)23)33-24-11-10-21(15-25(24)37-2)29(18-35)17-30-12-13-38-29/h3-11,14-16,30,35H,1,12-13,17-18H2,2H3,(H,32,36)(H,31,33,34). The average molecular weight is 512 g/mol. The SMILES string of the molecule is C=CC(=O)Nc1cccc(-c2cccc3cnc(Nc4ccc(C5(CO)CNCCO5)cc4OC)nc23)c1. The summed E-state index contributed by atoms with van der Waals surface area (Å²) in [4.78, 5) is 21.1. The third-order valence-electron chi connectivity index (χ3n) is 6.53. The molecule has 0 radical (unpaired) electrons. The second kappa shape index (κ2) is 11.0. The van der Waals surface area contributed by atoms with Crippen molar-refractivity contribution in [1.82, 2.24) is 15.3 Å². The summed E-state index contributed by atoms with van der Waals surface area (Å²) in [5.41, 5.74) is 3.90. The maximum absolute atomic E-state index is 11.8. The van der Waals surface area contributed by atoms with Crippen LogP contribution in [0.5, 0.6) is 5.75 Å². The quantitative estimate of drug-likeness (QED) is 0.263. The summed E-state index contributed by atoms with van der Waals surface area (Å²) in [5, 5.41) is 20.3. The van der Waals surface area contributed by atoms with Gasteiger partial charge in [-0.3, -0.25) is 4.79 Å². The fourth-order valence-electron chi connectivity index (χ4n) is 4.54. The van der Waals surface area contributed by atoms with Crippen molar-refractivity contribution < 1.29 is 19.4 Å².